The van der Waals surface area contributed by atoms with Crippen molar-refractivity contribution < 1.29 is 9.84 Å². The van der Waals surface area contributed by atoms with Crippen molar-refractivity contribution in [1.29, 1.82) is 0 Å². The minimum Gasteiger partial charge on any atom is -0.497 e. The number of ether oxygens (including phenoxy) is 1. The molecule has 0 bridgehead atoms. The van der Waals surface area contributed by atoms with Crippen molar-refractivity contribution in [2.75, 3.05) is 7.11 Å². The van der Waals surface area contributed by atoms with Gasteiger partial charge in [0, 0.05) is 5.56 Å². The number of allylic oxidation sites excluding steroid dienone is 1. The van der Waals surface area contributed by atoms with E-state index in [1.54, 1.807) is 7.11 Å². The molecule has 1 unspecified atom stereocenters. The molecule has 2 nitrogen and oxygen atoms in total. The van der Waals surface area contributed by atoms with Crippen molar-refractivity contribution in [1.82, 2.24) is 0 Å². The van der Waals surface area contributed by atoms with Crippen molar-refractivity contribution >= 4 is 0 Å². The fourth-order valence-electron chi connectivity index (χ4n) is 1.21. The first-order chi connectivity index (χ1) is 8.04. The van der Waals surface area contributed by atoms with Gasteiger partial charge in [0.25, 0.3) is 0 Å². The third-order valence-corrected chi connectivity index (χ3v) is 2.64. The van der Waals surface area contributed by atoms with Crippen LogP contribution in [0, 0.1) is 11.8 Å². The fourth-order valence-corrected chi connectivity index (χ4v) is 1.21. The van der Waals surface area contributed by atoms with E-state index in [-0.39, 0.29) is 0 Å². The summed E-state index contributed by atoms with van der Waals surface area (Å²) >= 11 is 0. The highest BCUT2D eigenvalue weighted by Gasteiger charge is 2.02. The predicted octanol–water partition coefficient (Wildman–Crippen LogP) is 2.76. The zero-order valence-corrected chi connectivity index (χ0v) is 10.7. The summed E-state index contributed by atoms with van der Waals surface area (Å²) in [5.41, 5.74) is 2.87. The molecular formula is C15H18O2. The van der Waals surface area contributed by atoms with Gasteiger partial charge in [-0.1, -0.05) is 17.4 Å². The standard InChI is InChI=1S/C15H18O2/c1-11(2)12(3)15(16)10-7-13-5-8-14(17-4)9-6-13/h5-6,8-9,15-16H,1-4H3. The number of methoxy groups -OCH3 is 1. The van der Waals surface area contributed by atoms with Gasteiger partial charge in [-0.3, -0.25) is 0 Å². The second-order valence-corrected chi connectivity index (χ2v) is 4.08. The van der Waals surface area contributed by atoms with Crippen LogP contribution in [0.15, 0.2) is 35.4 Å². The molecule has 0 aliphatic rings. The number of aliphatic hydroxyl groups excluding tert-OH is 1. The molecule has 0 spiro atoms. The Kier molecular flexibility index (Phi) is 4.81. The van der Waals surface area contributed by atoms with Gasteiger partial charge in [0.05, 0.1) is 7.11 Å². The first kappa shape index (κ1) is 13.3. The molecule has 17 heavy (non-hydrogen) atoms. The van der Waals surface area contributed by atoms with E-state index in [1.807, 2.05) is 45.0 Å². The smallest absolute Gasteiger partial charge is 0.136 e. The molecule has 90 valence electrons. The lowest BCUT2D eigenvalue weighted by Gasteiger charge is -2.05. The maximum Gasteiger partial charge on any atom is 0.136 e. The number of aliphatic hydroxyl groups is 1. The molecule has 0 saturated heterocycles. The van der Waals surface area contributed by atoms with Gasteiger partial charge in [-0.25, -0.2) is 0 Å². The van der Waals surface area contributed by atoms with Gasteiger partial charge >= 0.3 is 0 Å². The molecule has 0 radical (unpaired) electrons. The normalized spacial score (nSPS) is 11.1. The average Bonchev–Trinajstić information content (AvgIpc) is 2.35. The Morgan fingerprint density at radius 3 is 2.24 bits per heavy atom. The molecule has 2 heteroatoms. The lowest BCUT2D eigenvalue weighted by Crippen LogP contribution is -2.05. The van der Waals surface area contributed by atoms with Gasteiger partial charge in [-0.05, 0) is 50.6 Å². The third kappa shape index (κ3) is 3.97. The molecule has 1 atom stereocenters. The summed E-state index contributed by atoms with van der Waals surface area (Å²) in [5, 5.41) is 9.79. The van der Waals surface area contributed by atoms with Gasteiger partial charge < -0.3 is 9.84 Å². The highest BCUT2D eigenvalue weighted by Crippen LogP contribution is 2.11. The maximum absolute atomic E-state index is 9.79. The van der Waals surface area contributed by atoms with E-state index < -0.39 is 6.10 Å². The van der Waals surface area contributed by atoms with Crippen LogP contribution in [-0.4, -0.2) is 18.3 Å². The molecule has 1 aromatic rings. The molecule has 0 amide bonds. The fraction of sp³-hybridized carbons (Fsp3) is 0.333. The molecule has 1 rings (SSSR count). The van der Waals surface area contributed by atoms with Crippen molar-refractivity contribution in [3.8, 4) is 17.6 Å². The quantitative estimate of drug-likeness (QED) is 0.625. The largest absolute Gasteiger partial charge is 0.497 e. The van der Waals surface area contributed by atoms with Crippen molar-refractivity contribution in [3.05, 3.63) is 41.0 Å². The monoisotopic (exact) mass is 230 g/mol. The lowest BCUT2D eigenvalue weighted by molar-refractivity contribution is 0.267. The topological polar surface area (TPSA) is 29.5 Å². The van der Waals surface area contributed by atoms with E-state index in [2.05, 4.69) is 11.8 Å². The van der Waals surface area contributed by atoms with Crippen LogP contribution in [0.4, 0.5) is 0 Å². The summed E-state index contributed by atoms with van der Waals surface area (Å²) in [6, 6.07) is 7.45. The molecule has 1 N–H and O–H groups in total. The molecular weight excluding hydrogens is 212 g/mol. The van der Waals surface area contributed by atoms with Gasteiger partial charge in [0.2, 0.25) is 0 Å². The van der Waals surface area contributed by atoms with Gasteiger partial charge in [0.15, 0.2) is 0 Å². The van der Waals surface area contributed by atoms with E-state index in [4.69, 9.17) is 4.74 Å². The van der Waals surface area contributed by atoms with Crippen LogP contribution < -0.4 is 4.74 Å². The predicted molar refractivity (Wildman–Crippen MR) is 69.9 cm³/mol. The van der Waals surface area contributed by atoms with Crippen molar-refractivity contribution in [2.45, 2.75) is 26.9 Å². The van der Waals surface area contributed by atoms with Gasteiger partial charge in [-0.15, -0.1) is 0 Å². The summed E-state index contributed by atoms with van der Waals surface area (Å²) in [6.45, 7) is 5.82. The Hall–Kier alpha value is -1.72. The Balaban J connectivity index is 2.81. The Morgan fingerprint density at radius 2 is 1.76 bits per heavy atom. The minimum atomic E-state index is -0.692. The highest BCUT2D eigenvalue weighted by molar-refractivity contribution is 5.40. The lowest BCUT2D eigenvalue weighted by atomic mass is 10.1. The van der Waals surface area contributed by atoms with E-state index in [1.165, 1.54) is 0 Å². The number of benzene rings is 1. The van der Waals surface area contributed by atoms with Crippen molar-refractivity contribution in [2.24, 2.45) is 0 Å². The molecule has 0 heterocycles. The summed E-state index contributed by atoms with van der Waals surface area (Å²) in [4.78, 5) is 0. The minimum absolute atomic E-state index is 0.692. The third-order valence-electron chi connectivity index (χ3n) is 2.64. The van der Waals surface area contributed by atoms with E-state index in [0.717, 1.165) is 22.5 Å². The van der Waals surface area contributed by atoms with Crippen LogP contribution in [0.5, 0.6) is 5.75 Å². The molecule has 1 aromatic carbocycles. The average molecular weight is 230 g/mol. The molecule has 0 aliphatic carbocycles. The molecule has 0 aliphatic heterocycles. The second kappa shape index (κ2) is 6.12. The summed E-state index contributed by atoms with van der Waals surface area (Å²) in [7, 11) is 1.63. The molecule has 0 fully saturated rings. The van der Waals surface area contributed by atoms with Crippen molar-refractivity contribution in [3.63, 3.8) is 0 Å². The zero-order chi connectivity index (χ0) is 12.8. The zero-order valence-electron chi connectivity index (χ0n) is 10.7. The van der Waals surface area contributed by atoms with E-state index in [0.29, 0.717) is 0 Å². The van der Waals surface area contributed by atoms with E-state index >= 15 is 0 Å². The van der Waals surface area contributed by atoms with Crippen LogP contribution in [0.25, 0.3) is 0 Å². The Bertz CT molecular complexity index is 454. The van der Waals surface area contributed by atoms with Crippen LogP contribution >= 0.6 is 0 Å². The number of hydrogen-bond acceptors (Lipinski definition) is 2. The van der Waals surface area contributed by atoms with Crippen LogP contribution in [-0.2, 0) is 0 Å². The summed E-state index contributed by atoms with van der Waals surface area (Å²) < 4.78 is 5.06. The first-order valence-corrected chi connectivity index (χ1v) is 5.52. The Morgan fingerprint density at radius 1 is 1.18 bits per heavy atom. The van der Waals surface area contributed by atoms with Crippen LogP contribution in [0.2, 0.25) is 0 Å². The highest BCUT2D eigenvalue weighted by atomic mass is 16.5. The number of rotatable bonds is 2. The Labute approximate surface area is 103 Å². The van der Waals surface area contributed by atoms with Gasteiger partial charge in [0.1, 0.15) is 11.9 Å². The maximum atomic E-state index is 9.79. The SMILES string of the molecule is COc1ccc(C#CC(O)C(C)=C(C)C)cc1. The van der Waals surface area contributed by atoms with Crippen LogP contribution in [0.3, 0.4) is 0 Å². The summed E-state index contributed by atoms with van der Waals surface area (Å²) in [6.07, 6.45) is -0.692. The number of hydrogen-bond donors (Lipinski definition) is 1. The second-order valence-electron chi connectivity index (χ2n) is 4.08. The van der Waals surface area contributed by atoms with Crippen LogP contribution in [0.1, 0.15) is 26.3 Å². The molecule has 0 saturated carbocycles. The summed E-state index contributed by atoms with van der Waals surface area (Å²) in [5.74, 6) is 6.57. The first-order valence-electron chi connectivity index (χ1n) is 5.52. The molecule has 0 aromatic heterocycles. The van der Waals surface area contributed by atoms with Gasteiger partial charge in [-0.2, -0.15) is 0 Å². The van der Waals surface area contributed by atoms with E-state index in [9.17, 15) is 5.11 Å².